The number of hydrogen-bond acceptors (Lipinski definition) is 6. The van der Waals surface area contributed by atoms with Crippen molar-refractivity contribution in [2.45, 2.75) is 31.8 Å². The summed E-state index contributed by atoms with van der Waals surface area (Å²) in [5.74, 6) is 0.111. The van der Waals surface area contributed by atoms with E-state index in [1.54, 1.807) is 6.20 Å². The van der Waals surface area contributed by atoms with Crippen molar-refractivity contribution in [1.82, 2.24) is 10.2 Å². The Morgan fingerprint density at radius 3 is 1.86 bits per heavy atom. The highest BCUT2D eigenvalue weighted by molar-refractivity contribution is 5.98. The molecule has 3 N–H and O–H groups in total. The number of benzene rings is 3. The molecule has 0 bridgehead atoms. The maximum absolute atomic E-state index is 12.8. The van der Waals surface area contributed by atoms with E-state index in [2.05, 4.69) is 20.4 Å². The number of carbonyl (C=O) groups excluding carboxylic acids is 2. The summed E-state index contributed by atoms with van der Waals surface area (Å²) in [5, 5.41) is 19.5. The van der Waals surface area contributed by atoms with Crippen LogP contribution in [0.3, 0.4) is 0 Å². The van der Waals surface area contributed by atoms with Crippen LogP contribution in [0.5, 0.6) is 0 Å². The van der Waals surface area contributed by atoms with Gasteiger partial charge in [-0.05, 0) is 72.5 Å². The van der Waals surface area contributed by atoms with Crippen LogP contribution >= 0.6 is 0 Å². The molecular formula is C30H30N4O3. The van der Waals surface area contributed by atoms with Gasteiger partial charge in [-0.1, -0.05) is 24.3 Å². The molecule has 0 saturated carbocycles. The minimum atomic E-state index is -0.199. The van der Waals surface area contributed by atoms with Gasteiger partial charge in [0.25, 0.3) is 0 Å². The number of H-pyrrole nitrogens is 1. The molecule has 37 heavy (non-hydrogen) atoms. The maximum atomic E-state index is 12.8. The molecule has 0 spiro atoms. The van der Waals surface area contributed by atoms with Gasteiger partial charge in [0.15, 0.2) is 11.6 Å². The number of ketones is 2. The van der Waals surface area contributed by atoms with Crippen molar-refractivity contribution >= 4 is 28.6 Å². The Bertz CT molecular complexity index is 1320. The van der Waals surface area contributed by atoms with E-state index in [1.165, 1.54) is 6.20 Å². The van der Waals surface area contributed by atoms with E-state index in [0.717, 1.165) is 54.1 Å². The number of piperidine rings is 1. The van der Waals surface area contributed by atoms with Gasteiger partial charge in [0.05, 0.1) is 17.9 Å². The quantitative estimate of drug-likeness (QED) is 0.284. The molecular weight excluding hydrogens is 464 g/mol. The molecule has 7 heteroatoms. The van der Waals surface area contributed by atoms with Crippen LogP contribution in [0.2, 0.25) is 0 Å². The minimum Gasteiger partial charge on any atom is -0.393 e. The zero-order valence-corrected chi connectivity index (χ0v) is 20.6. The standard InChI is InChI=1S/C30H30N4O3/c35-28-13-15-34(16-14-28)27-11-5-23(6-12-27)29(36)17-21-1-7-25(8-2-21)33-26-9-3-22(4-10-26)18-30(37)24-19-31-32-20-24/h1-12,19-20,28,33,35H,13-18H2,(H,31,32). The number of nitrogens with zero attached hydrogens (tertiary/aromatic N) is 2. The first-order chi connectivity index (χ1) is 18.0. The topological polar surface area (TPSA) is 98.3 Å². The highest BCUT2D eigenvalue weighted by Gasteiger charge is 2.17. The van der Waals surface area contributed by atoms with Crippen LogP contribution in [0.4, 0.5) is 17.1 Å². The Morgan fingerprint density at radius 1 is 0.811 bits per heavy atom. The lowest BCUT2D eigenvalue weighted by molar-refractivity contribution is 0.0985. The fraction of sp³-hybridized carbons (Fsp3) is 0.233. The van der Waals surface area contributed by atoms with E-state index in [-0.39, 0.29) is 17.7 Å². The highest BCUT2D eigenvalue weighted by Crippen LogP contribution is 2.22. The molecule has 0 amide bonds. The van der Waals surface area contributed by atoms with Crippen LogP contribution in [-0.2, 0) is 12.8 Å². The van der Waals surface area contributed by atoms with Crippen LogP contribution in [0, 0.1) is 0 Å². The second kappa shape index (κ2) is 11.2. The number of hydrogen-bond donors (Lipinski definition) is 3. The molecule has 0 radical (unpaired) electrons. The molecule has 0 unspecified atom stereocenters. The number of carbonyl (C=O) groups is 2. The van der Waals surface area contributed by atoms with Crippen molar-refractivity contribution in [2.75, 3.05) is 23.3 Å². The molecule has 7 nitrogen and oxygen atoms in total. The number of aliphatic hydroxyl groups excluding tert-OH is 1. The monoisotopic (exact) mass is 494 g/mol. The Kier molecular flexibility index (Phi) is 7.42. The maximum Gasteiger partial charge on any atom is 0.170 e. The van der Waals surface area contributed by atoms with Gasteiger partial charge < -0.3 is 15.3 Å². The van der Waals surface area contributed by atoms with Crippen LogP contribution in [0.1, 0.15) is 44.7 Å². The lowest BCUT2D eigenvalue weighted by Crippen LogP contribution is -2.35. The van der Waals surface area contributed by atoms with E-state index in [9.17, 15) is 14.7 Å². The van der Waals surface area contributed by atoms with Gasteiger partial charge in [0, 0.05) is 54.8 Å². The van der Waals surface area contributed by atoms with Crippen LogP contribution in [-0.4, -0.2) is 46.1 Å². The SMILES string of the molecule is O=C(Cc1ccc(Nc2ccc(CC(=O)c3cn[nH]c3)cc2)cc1)c1ccc(N2CCC(O)CC2)cc1. The lowest BCUT2D eigenvalue weighted by atomic mass is 10.0. The summed E-state index contributed by atoms with van der Waals surface area (Å²) in [6, 6.07) is 23.4. The van der Waals surface area contributed by atoms with Crippen molar-refractivity contribution in [3.8, 4) is 0 Å². The summed E-state index contributed by atoms with van der Waals surface area (Å²) in [5.41, 5.74) is 6.12. The van der Waals surface area contributed by atoms with Gasteiger partial charge in [-0.25, -0.2) is 0 Å². The van der Waals surface area contributed by atoms with Crippen molar-refractivity contribution in [3.63, 3.8) is 0 Å². The first-order valence-corrected chi connectivity index (χ1v) is 12.6. The molecule has 4 aromatic rings. The van der Waals surface area contributed by atoms with E-state index in [0.29, 0.717) is 24.0 Å². The largest absolute Gasteiger partial charge is 0.393 e. The van der Waals surface area contributed by atoms with E-state index in [1.807, 2.05) is 72.8 Å². The van der Waals surface area contributed by atoms with Gasteiger partial charge in [0.1, 0.15) is 0 Å². The molecule has 1 saturated heterocycles. The third-order valence-corrected chi connectivity index (χ3v) is 6.77. The number of nitrogens with one attached hydrogen (secondary N) is 2. The number of aromatic amines is 1. The van der Waals surface area contributed by atoms with E-state index >= 15 is 0 Å². The Hall–Kier alpha value is -4.23. The molecule has 1 fully saturated rings. The fourth-order valence-corrected chi connectivity index (χ4v) is 4.54. The number of Topliss-reactive ketones (excluding diaryl/α,β-unsaturated/α-hetero) is 2. The molecule has 188 valence electrons. The first kappa shape index (κ1) is 24.5. The van der Waals surface area contributed by atoms with Crippen LogP contribution in [0.25, 0.3) is 0 Å². The van der Waals surface area contributed by atoms with Crippen LogP contribution in [0.15, 0.2) is 85.2 Å². The predicted molar refractivity (Wildman–Crippen MR) is 145 cm³/mol. The number of anilines is 3. The predicted octanol–water partition coefficient (Wildman–Crippen LogP) is 4.97. The van der Waals surface area contributed by atoms with Gasteiger partial charge in [0.2, 0.25) is 0 Å². The lowest BCUT2D eigenvalue weighted by Gasteiger charge is -2.31. The molecule has 2 heterocycles. The summed E-state index contributed by atoms with van der Waals surface area (Å²) in [4.78, 5) is 27.3. The molecule has 0 atom stereocenters. The van der Waals surface area contributed by atoms with Gasteiger partial charge in [-0.3, -0.25) is 14.7 Å². The Morgan fingerprint density at radius 2 is 1.35 bits per heavy atom. The van der Waals surface area contributed by atoms with Crippen molar-refractivity contribution in [1.29, 1.82) is 0 Å². The number of aliphatic hydroxyl groups is 1. The Balaban J connectivity index is 1.13. The number of rotatable bonds is 9. The molecule has 1 aromatic heterocycles. The highest BCUT2D eigenvalue weighted by atomic mass is 16.3. The Labute approximate surface area is 216 Å². The van der Waals surface area contributed by atoms with Crippen molar-refractivity contribution in [2.24, 2.45) is 0 Å². The summed E-state index contributed by atoms with van der Waals surface area (Å²) in [6.45, 7) is 1.68. The summed E-state index contributed by atoms with van der Waals surface area (Å²) in [6.07, 6.45) is 5.18. The molecule has 5 rings (SSSR count). The van der Waals surface area contributed by atoms with Gasteiger partial charge in [-0.2, -0.15) is 5.10 Å². The van der Waals surface area contributed by atoms with Crippen molar-refractivity contribution < 1.29 is 14.7 Å². The third kappa shape index (κ3) is 6.32. The van der Waals surface area contributed by atoms with Crippen molar-refractivity contribution in [3.05, 3.63) is 107 Å². The van der Waals surface area contributed by atoms with E-state index in [4.69, 9.17) is 0 Å². The first-order valence-electron chi connectivity index (χ1n) is 12.6. The molecule has 3 aromatic carbocycles. The molecule has 0 aliphatic carbocycles. The van der Waals surface area contributed by atoms with Crippen LogP contribution < -0.4 is 10.2 Å². The smallest absolute Gasteiger partial charge is 0.170 e. The molecule has 1 aliphatic heterocycles. The fourth-order valence-electron chi connectivity index (χ4n) is 4.54. The second-order valence-corrected chi connectivity index (χ2v) is 9.47. The summed E-state index contributed by atoms with van der Waals surface area (Å²) >= 11 is 0. The normalized spacial score (nSPS) is 13.9. The zero-order valence-electron chi connectivity index (χ0n) is 20.6. The third-order valence-electron chi connectivity index (χ3n) is 6.77. The summed E-state index contributed by atoms with van der Waals surface area (Å²) < 4.78 is 0. The average Bonchev–Trinajstić information content (AvgIpc) is 3.47. The zero-order chi connectivity index (χ0) is 25.6. The average molecular weight is 495 g/mol. The second-order valence-electron chi connectivity index (χ2n) is 9.47. The minimum absolute atomic E-state index is 0.0262. The summed E-state index contributed by atoms with van der Waals surface area (Å²) in [7, 11) is 0. The number of aromatic nitrogens is 2. The molecule has 1 aliphatic rings. The van der Waals surface area contributed by atoms with Gasteiger partial charge >= 0.3 is 0 Å². The van der Waals surface area contributed by atoms with Gasteiger partial charge in [-0.15, -0.1) is 0 Å². The van der Waals surface area contributed by atoms with E-state index < -0.39 is 0 Å².